The maximum atomic E-state index is 11.6. The van der Waals surface area contributed by atoms with Gasteiger partial charge >= 0.3 is 0 Å². The average molecular weight is 264 g/mol. The molecule has 1 aromatic carbocycles. The van der Waals surface area contributed by atoms with Crippen LogP contribution in [0.15, 0.2) is 35.2 Å². The second-order valence-electron chi connectivity index (χ2n) is 4.53. The van der Waals surface area contributed by atoms with Crippen LogP contribution in [0.5, 0.6) is 0 Å². The molecular formula is C14H20N2OS. The Hall–Kier alpha value is -1.00. The fraction of sp³-hybridized carbons (Fsp3) is 0.500. The summed E-state index contributed by atoms with van der Waals surface area (Å²) >= 11 is 1.58. The number of hydrogen-bond acceptors (Lipinski definition) is 3. The van der Waals surface area contributed by atoms with Crippen molar-refractivity contribution in [3.63, 3.8) is 0 Å². The van der Waals surface area contributed by atoms with Crippen molar-refractivity contribution >= 4 is 17.7 Å². The van der Waals surface area contributed by atoms with Gasteiger partial charge in [-0.1, -0.05) is 18.2 Å². The van der Waals surface area contributed by atoms with Crippen LogP contribution in [-0.4, -0.2) is 30.8 Å². The zero-order valence-electron chi connectivity index (χ0n) is 10.5. The maximum Gasteiger partial charge on any atom is 0.230 e. The minimum Gasteiger partial charge on any atom is -0.355 e. The minimum atomic E-state index is 0.127. The van der Waals surface area contributed by atoms with Crippen molar-refractivity contribution in [2.24, 2.45) is 0 Å². The third-order valence-electron chi connectivity index (χ3n) is 3.09. The number of nitrogens with one attached hydrogen (secondary N) is 2. The quantitative estimate of drug-likeness (QED) is 0.773. The van der Waals surface area contributed by atoms with Crippen LogP contribution in [0, 0.1) is 0 Å². The summed E-state index contributed by atoms with van der Waals surface area (Å²) in [4.78, 5) is 12.8. The number of carbonyl (C=O) groups excluding carboxylic acids is 1. The van der Waals surface area contributed by atoms with Crippen LogP contribution in [0.3, 0.4) is 0 Å². The van der Waals surface area contributed by atoms with Crippen molar-refractivity contribution in [1.29, 1.82) is 0 Å². The zero-order valence-corrected chi connectivity index (χ0v) is 11.3. The molecule has 2 N–H and O–H groups in total. The first-order chi connectivity index (χ1) is 8.84. The molecule has 1 atom stereocenters. The van der Waals surface area contributed by atoms with Gasteiger partial charge in [-0.3, -0.25) is 4.79 Å². The summed E-state index contributed by atoms with van der Waals surface area (Å²) in [6.07, 6.45) is 3.55. The van der Waals surface area contributed by atoms with Gasteiger partial charge in [-0.2, -0.15) is 0 Å². The monoisotopic (exact) mass is 264 g/mol. The van der Waals surface area contributed by atoms with Gasteiger partial charge in [0.15, 0.2) is 0 Å². The van der Waals surface area contributed by atoms with Crippen molar-refractivity contribution in [2.45, 2.75) is 30.2 Å². The predicted molar refractivity (Wildman–Crippen MR) is 75.8 cm³/mol. The van der Waals surface area contributed by atoms with Crippen molar-refractivity contribution in [3.05, 3.63) is 30.3 Å². The van der Waals surface area contributed by atoms with E-state index >= 15 is 0 Å². The summed E-state index contributed by atoms with van der Waals surface area (Å²) in [6.45, 7) is 1.91. The van der Waals surface area contributed by atoms with Gasteiger partial charge in [0.2, 0.25) is 5.91 Å². The second-order valence-corrected chi connectivity index (χ2v) is 5.58. The molecule has 3 nitrogen and oxygen atoms in total. The fourth-order valence-electron chi connectivity index (χ4n) is 2.11. The summed E-state index contributed by atoms with van der Waals surface area (Å²) in [6, 6.07) is 10.6. The zero-order chi connectivity index (χ0) is 12.6. The van der Waals surface area contributed by atoms with Gasteiger partial charge in [0.05, 0.1) is 5.75 Å². The van der Waals surface area contributed by atoms with E-state index in [0.717, 1.165) is 24.4 Å². The average Bonchev–Trinajstić information content (AvgIpc) is 2.91. The number of benzene rings is 1. The van der Waals surface area contributed by atoms with Gasteiger partial charge in [-0.25, -0.2) is 0 Å². The third-order valence-corrected chi connectivity index (χ3v) is 4.10. The van der Waals surface area contributed by atoms with Gasteiger partial charge in [0.25, 0.3) is 0 Å². The first-order valence-corrected chi connectivity index (χ1v) is 7.51. The molecule has 1 unspecified atom stereocenters. The molecule has 4 heteroatoms. The van der Waals surface area contributed by atoms with E-state index in [2.05, 4.69) is 10.6 Å². The highest BCUT2D eigenvalue weighted by Crippen LogP contribution is 2.16. The molecule has 0 saturated carbocycles. The lowest BCUT2D eigenvalue weighted by Crippen LogP contribution is -2.31. The lowest BCUT2D eigenvalue weighted by Gasteiger charge is -2.10. The predicted octanol–water partition coefficient (Wildman–Crippen LogP) is 2.04. The van der Waals surface area contributed by atoms with Crippen LogP contribution in [0.1, 0.15) is 19.3 Å². The van der Waals surface area contributed by atoms with Crippen LogP contribution >= 0.6 is 11.8 Å². The molecule has 1 fully saturated rings. The lowest BCUT2D eigenvalue weighted by atomic mass is 10.1. The highest BCUT2D eigenvalue weighted by molar-refractivity contribution is 8.00. The summed E-state index contributed by atoms with van der Waals surface area (Å²) < 4.78 is 0. The summed E-state index contributed by atoms with van der Waals surface area (Å²) in [5, 5.41) is 6.41. The van der Waals surface area contributed by atoms with E-state index < -0.39 is 0 Å². The molecule has 1 aliphatic heterocycles. The first-order valence-electron chi connectivity index (χ1n) is 6.52. The van der Waals surface area contributed by atoms with Gasteiger partial charge in [0.1, 0.15) is 0 Å². The fourth-order valence-corrected chi connectivity index (χ4v) is 2.85. The Morgan fingerprint density at radius 3 is 2.94 bits per heavy atom. The molecule has 1 amide bonds. The SMILES string of the molecule is O=C(CSc1ccccc1)NCCC1CCCN1. The highest BCUT2D eigenvalue weighted by Gasteiger charge is 2.13. The number of amides is 1. The first kappa shape index (κ1) is 13.4. The standard InChI is InChI=1S/C14H20N2OS/c17-14(11-18-13-6-2-1-3-7-13)16-10-8-12-5-4-9-15-12/h1-3,6-7,12,15H,4-5,8-11H2,(H,16,17). The maximum absolute atomic E-state index is 11.6. The second kappa shape index (κ2) is 7.44. The number of hydrogen-bond donors (Lipinski definition) is 2. The normalized spacial score (nSPS) is 18.8. The Morgan fingerprint density at radius 1 is 1.39 bits per heavy atom. The van der Waals surface area contributed by atoms with Gasteiger partial charge in [0, 0.05) is 17.5 Å². The Morgan fingerprint density at radius 2 is 2.22 bits per heavy atom. The minimum absolute atomic E-state index is 0.127. The van der Waals surface area contributed by atoms with E-state index in [1.807, 2.05) is 30.3 Å². The molecule has 0 spiro atoms. The highest BCUT2D eigenvalue weighted by atomic mass is 32.2. The molecule has 1 aromatic rings. The number of thioether (sulfide) groups is 1. The molecule has 18 heavy (non-hydrogen) atoms. The topological polar surface area (TPSA) is 41.1 Å². The van der Waals surface area contributed by atoms with E-state index in [0.29, 0.717) is 11.8 Å². The Labute approximate surface area is 113 Å². The lowest BCUT2D eigenvalue weighted by molar-refractivity contribution is -0.118. The molecule has 0 aliphatic carbocycles. The largest absolute Gasteiger partial charge is 0.355 e. The van der Waals surface area contributed by atoms with E-state index in [-0.39, 0.29) is 5.91 Å². The Bertz CT molecular complexity index is 363. The molecule has 1 aliphatic rings. The number of rotatable bonds is 6. The van der Waals surface area contributed by atoms with Crippen molar-refractivity contribution in [1.82, 2.24) is 10.6 Å². The molecule has 0 aromatic heterocycles. The molecule has 0 radical (unpaired) electrons. The summed E-state index contributed by atoms with van der Waals surface area (Å²) in [5.74, 6) is 0.629. The third kappa shape index (κ3) is 4.70. The van der Waals surface area contributed by atoms with E-state index in [9.17, 15) is 4.79 Å². The smallest absolute Gasteiger partial charge is 0.230 e. The molecule has 1 heterocycles. The van der Waals surface area contributed by atoms with Crippen molar-refractivity contribution in [2.75, 3.05) is 18.8 Å². The Balaban J connectivity index is 1.57. The van der Waals surface area contributed by atoms with Crippen molar-refractivity contribution in [3.8, 4) is 0 Å². The van der Waals surface area contributed by atoms with Crippen LogP contribution in [0.2, 0.25) is 0 Å². The Kier molecular flexibility index (Phi) is 5.55. The van der Waals surface area contributed by atoms with Crippen LogP contribution in [0.4, 0.5) is 0 Å². The van der Waals surface area contributed by atoms with E-state index in [1.165, 1.54) is 12.8 Å². The van der Waals surface area contributed by atoms with E-state index in [4.69, 9.17) is 0 Å². The summed E-state index contributed by atoms with van der Waals surface area (Å²) in [5.41, 5.74) is 0. The van der Waals surface area contributed by atoms with Crippen molar-refractivity contribution < 1.29 is 4.79 Å². The van der Waals surface area contributed by atoms with Crippen LogP contribution < -0.4 is 10.6 Å². The van der Waals surface area contributed by atoms with Crippen LogP contribution in [-0.2, 0) is 4.79 Å². The molecule has 0 bridgehead atoms. The molecule has 2 rings (SSSR count). The van der Waals surface area contributed by atoms with Gasteiger partial charge in [-0.15, -0.1) is 11.8 Å². The van der Waals surface area contributed by atoms with E-state index in [1.54, 1.807) is 11.8 Å². The molecule has 98 valence electrons. The van der Waals surface area contributed by atoms with Crippen LogP contribution in [0.25, 0.3) is 0 Å². The summed E-state index contributed by atoms with van der Waals surface area (Å²) in [7, 11) is 0. The molecular weight excluding hydrogens is 244 g/mol. The molecule has 1 saturated heterocycles. The number of carbonyl (C=O) groups is 1. The van der Waals surface area contributed by atoms with Gasteiger partial charge < -0.3 is 10.6 Å². The van der Waals surface area contributed by atoms with Gasteiger partial charge in [-0.05, 0) is 37.9 Å².